The zero-order chi connectivity index (χ0) is 13.0. The molecule has 0 aliphatic carbocycles. The number of aryl methyl sites for hydroxylation is 1. The number of hydrogen-bond donors (Lipinski definition) is 0. The molecule has 0 aliphatic heterocycles. The van der Waals surface area contributed by atoms with Crippen LogP contribution in [0.2, 0.25) is 0 Å². The van der Waals surface area contributed by atoms with Crippen LogP contribution < -0.4 is 4.74 Å². The van der Waals surface area contributed by atoms with E-state index in [4.69, 9.17) is 4.74 Å². The summed E-state index contributed by atoms with van der Waals surface area (Å²) < 4.78 is 5.78. The van der Waals surface area contributed by atoms with Crippen molar-refractivity contribution in [3.05, 3.63) is 53.6 Å². The Balaban J connectivity index is 2.23. The van der Waals surface area contributed by atoms with E-state index >= 15 is 0 Å². The first-order chi connectivity index (χ1) is 8.70. The molecule has 0 amide bonds. The standard InChI is InChI=1S/C15H13NO2/c1-11-4-3-5-15(12(11)2)18-14-8-6-13(7-9-14)16-10-17/h3-9H,1-2H3. The van der Waals surface area contributed by atoms with Crippen LogP contribution in [0.4, 0.5) is 5.69 Å². The molecule has 0 aromatic heterocycles. The third-order valence-corrected chi connectivity index (χ3v) is 2.79. The van der Waals surface area contributed by atoms with E-state index in [-0.39, 0.29) is 0 Å². The van der Waals surface area contributed by atoms with E-state index in [1.807, 2.05) is 32.0 Å². The summed E-state index contributed by atoms with van der Waals surface area (Å²) in [6.07, 6.45) is 1.50. The van der Waals surface area contributed by atoms with Gasteiger partial charge in [-0.2, -0.15) is 4.99 Å². The highest BCUT2D eigenvalue weighted by atomic mass is 16.5. The molecule has 2 rings (SSSR count). The first-order valence-electron chi connectivity index (χ1n) is 5.62. The van der Waals surface area contributed by atoms with Crippen molar-refractivity contribution in [1.29, 1.82) is 0 Å². The zero-order valence-electron chi connectivity index (χ0n) is 10.3. The van der Waals surface area contributed by atoms with E-state index in [1.165, 1.54) is 11.6 Å². The highest BCUT2D eigenvalue weighted by molar-refractivity contribution is 5.51. The summed E-state index contributed by atoms with van der Waals surface area (Å²) in [6.45, 7) is 4.07. The maximum Gasteiger partial charge on any atom is 0.240 e. The molecule has 2 aromatic carbocycles. The number of hydrogen-bond acceptors (Lipinski definition) is 3. The van der Waals surface area contributed by atoms with E-state index in [2.05, 4.69) is 4.99 Å². The summed E-state index contributed by atoms with van der Waals surface area (Å²) >= 11 is 0. The van der Waals surface area contributed by atoms with Crippen molar-refractivity contribution >= 4 is 11.8 Å². The molecule has 3 nitrogen and oxygen atoms in total. The summed E-state index contributed by atoms with van der Waals surface area (Å²) in [5.74, 6) is 1.55. The van der Waals surface area contributed by atoms with E-state index in [0.29, 0.717) is 11.4 Å². The first-order valence-corrected chi connectivity index (χ1v) is 5.62. The van der Waals surface area contributed by atoms with Crippen LogP contribution in [0.3, 0.4) is 0 Å². The smallest absolute Gasteiger partial charge is 0.240 e. The maximum absolute atomic E-state index is 10.1. The third-order valence-electron chi connectivity index (χ3n) is 2.79. The van der Waals surface area contributed by atoms with Gasteiger partial charge in [0.2, 0.25) is 6.08 Å². The zero-order valence-corrected chi connectivity index (χ0v) is 10.3. The van der Waals surface area contributed by atoms with Gasteiger partial charge in [-0.1, -0.05) is 12.1 Å². The number of isocyanates is 1. The number of rotatable bonds is 3. The lowest BCUT2D eigenvalue weighted by Gasteiger charge is -2.10. The Kier molecular flexibility index (Phi) is 3.56. The maximum atomic E-state index is 10.1. The largest absolute Gasteiger partial charge is 0.457 e. The highest BCUT2D eigenvalue weighted by Crippen LogP contribution is 2.27. The number of aliphatic imine (C=N–C) groups is 1. The highest BCUT2D eigenvalue weighted by Gasteiger charge is 2.03. The Morgan fingerprint density at radius 3 is 2.44 bits per heavy atom. The van der Waals surface area contributed by atoms with E-state index in [1.54, 1.807) is 24.3 Å². The van der Waals surface area contributed by atoms with Crippen molar-refractivity contribution in [1.82, 2.24) is 0 Å². The molecule has 18 heavy (non-hydrogen) atoms. The number of carbonyl (C=O) groups excluding carboxylic acids is 1. The molecule has 0 bridgehead atoms. The van der Waals surface area contributed by atoms with Crippen LogP contribution in [0.15, 0.2) is 47.5 Å². The van der Waals surface area contributed by atoms with Gasteiger partial charge in [-0.25, -0.2) is 4.79 Å². The Labute approximate surface area is 106 Å². The van der Waals surface area contributed by atoms with Crippen molar-refractivity contribution < 1.29 is 9.53 Å². The average molecular weight is 239 g/mol. The van der Waals surface area contributed by atoms with Gasteiger partial charge in [0, 0.05) is 0 Å². The quantitative estimate of drug-likeness (QED) is 0.598. The van der Waals surface area contributed by atoms with Gasteiger partial charge in [-0.3, -0.25) is 0 Å². The Bertz CT molecular complexity index is 596. The topological polar surface area (TPSA) is 38.7 Å². The van der Waals surface area contributed by atoms with Crippen LogP contribution >= 0.6 is 0 Å². The summed E-state index contributed by atoms with van der Waals surface area (Å²) in [7, 11) is 0. The second-order valence-corrected chi connectivity index (χ2v) is 4.00. The lowest BCUT2D eigenvalue weighted by molar-refractivity contribution is 0.478. The molecule has 0 N–H and O–H groups in total. The molecule has 0 unspecified atom stereocenters. The summed E-state index contributed by atoms with van der Waals surface area (Å²) in [5.41, 5.74) is 2.88. The van der Waals surface area contributed by atoms with Crippen LogP contribution in [0.25, 0.3) is 0 Å². The Morgan fingerprint density at radius 1 is 1.06 bits per heavy atom. The predicted octanol–water partition coefficient (Wildman–Crippen LogP) is 4.06. The molecule has 0 atom stereocenters. The Hall–Kier alpha value is -2.38. The number of benzene rings is 2. The fourth-order valence-electron chi connectivity index (χ4n) is 1.60. The predicted molar refractivity (Wildman–Crippen MR) is 70.2 cm³/mol. The van der Waals surface area contributed by atoms with Crippen LogP contribution in [-0.2, 0) is 4.79 Å². The second-order valence-electron chi connectivity index (χ2n) is 4.00. The lowest BCUT2D eigenvalue weighted by atomic mass is 10.1. The second kappa shape index (κ2) is 5.30. The van der Waals surface area contributed by atoms with Gasteiger partial charge in [0.25, 0.3) is 0 Å². The van der Waals surface area contributed by atoms with Crippen molar-refractivity contribution in [3.63, 3.8) is 0 Å². The summed E-state index contributed by atoms with van der Waals surface area (Å²) in [6, 6.07) is 12.9. The normalized spacial score (nSPS) is 9.67. The SMILES string of the molecule is Cc1cccc(Oc2ccc(N=C=O)cc2)c1C. The minimum atomic E-state index is 0.568. The average Bonchev–Trinajstić information content (AvgIpc) is 2.38. The third kappa shape index (κ3) is 2.65. The summed E-state index contributed by atoms with van der Waals surface area (Å²) in [5, 5.41) is 0. The number of ether oxygens (including phenoxy) is 1. The van der Waals surface area contributed by atoms with Gasteiger partial charge >= 0.3 is 0 Å². The van der Waals surface area contributed by atoms with Gasteiger partial charge in [-0.15, -0.1) is 0 Å². The molecule has 0 spiro atoms. The molecule has 0 aliphatic rings. The van der Waals surface area contributed by atoms with Gasteiger partial charge in [-0.05, 0) is 55.3 Å². The molecule has 0 saturated carbocycles. The molecule has 0 fully saturated rings. The van der Waals surface area contributed by atoms with Gasteiger partial charge in [0.1, 0.15) is 11.5 Å². The van der Waals surface area contributed by atoms with Gasteiger partial charge in [0.05, 0.1) is 5.69 Å². The van der Waals surface area contributed by atoms with E-state index in [9.17, 15) is 4.79 Å². The molecule has 0 saturated heterocycles. The van der Waals surface area contributed by atoms with Crippen LogP contribution in [0.5, 0.6) is 11.5 Å². The van der Waals surface area contributed by atoms with Crippen LogP contribution in [-0.4, -0.2) is 6.08 Å². The first kappa shape index (κ1) is 12.1. The van der Waals surface area contributed by atoms with Crippen molar-refractivity contribution in [2.24, 2.45) is 4.99 Å². The Morgan fingerprint density at radius 2 is 1.78 bits per heavy atom. The molecule has 3 heteroatoms. The van der Waals surface area contributed by atoms with Crippen molar-refractivity contribution in [3.8, 4) is 11.5 Å². The molecule has 0 radical (unpaired) electrons. The molecular weight excluding hydrogens is 226 g/mol. The van der Waals surface area contributed by atoms with E-state index in [0.717, 1.165) is 11.3 Å². The van der Waals surface area contributed by atoms with Gasteiger partial charge in [0.15, 0.2) is 0 Å². The van der Waals surface area contributed by atoms with E-state index < -0.39 is 0 Å². The summed E-state index contributed by atoms with van der Waals surface area (Å²) in [4.78, 5) is 13.6. The molecule has 90 valence electrons. The van der Waals surface area contributed by atoms with Crippen LogP contribution in [0.1, 0.15) is 11.1 Å². The molecule has 2 aromatic rings. The lowest BCUT2D eigenvalue weighted by Crippen LogP contribution is -1.89. The van der Waals surface area contributed by atoms with Gasteiger partial charge < -0.3 is 4.74 Å². The van der Waals surface area contributed by atoms with Crippen molar-refractivity contribution in [2.75, 3.05) is 0 Å². The van der Waals surface area contributed by atoms with Crippen molar-refractivity contribution in [2.45, 2.75) is 13.8 Å². The monoisotopic (exact) mass is 239 g/mol. The fourth-order valence-corrected chi connectivity index (χ4v) is 1.60. The molecular formula is C15H13NO2. The minimum Gasteiger partial charge on any atom is -0.457 e. The minimum absolute atomic E-state index is 0.568. The fraction of sp³-hybridized carbons (Fsp3) is 0.133. The number of nitrogens with zero attached hydrogens (tertiary/aromatic N) is 1. The van der Waals surface area contributed by atoms with Crippen LogP contribution in [0, 0.1) is 13.8 Å². The molecule has 0 heterocycles.